The molecule has 0 fully saturated rings. The number of ether oxygens (including phenoxy) is 1. The number of anilines is 2. The summed E-state index contributed by atoms with van der Waals surface area (Å²) in [5, 5.41) is 6.14. The first-order chi connectivity index (χ1) is 13.1. The Morgan fingerprint density at radius 3 is 2.85 bits per heavy atom. The smallest absolute Gasteiger partial charge is 0.256 e. The van der Waals surface area contributed by atoms with Crippen LogP contribution < -0.4 is 15.4 Å². The largest absolute Gasteiger partial charge is 0.497 e. The first kappa shape index (κ1) is 16.9. The van der Waals surface area contributed by atoms with E-state index in [1.165, 1.54) is 19.2 Å². The summed E-state index contributed by atoms with van der Waals surface area (Å²) in [6, 6.07) is 14.0. The second-order valence-electron chi connectivity index (χ2n) is 6.25. The van der Waals surface area contributed by atoms with Gasteiger partial charge in [-0.3, -0.25) is 4.79 Å². The fourth-order valence-electron chi connectivity index (χ4n) is 3.08. The maximum atomic E-state index is 13.6. The van der Waals surface area contributed by atoms with Crippen molar-refractivity contribution in [1.29, 1.82) is 0 Å². The highest BCUT2D eigenvalue weighted by Gasteiger charge is 2.24. The van der Waals surface area contributed by atoms with Crippen LogP contribution in [0.25, 0.3) is 11.6 Å². The average molecular weight is 363 g/mol. The van der Waals surface area contributed by atoms with Crippen LogP contribution >= 0.6 is 0 Å². The zero-order valence-electron chi connectivity index (χ0n) is 14.7. The molecular formula is C21H18FN3O2. The topological polar surface area (TPSA) is 66.1 Å². The van der Waals surface area contributed by atoms with E-state index < -0.39 is 0 Å². The van der Waals surface area contributed by atoms with Gasteiger partial charge in [-0.25, -0.2) is 4.39 Å². The van der Waals surface area contributed by atoms with Crippen molar-refractivity contribution in [3.8, 4) is 5.75 Å². The number of H-pyrrole nitrogens is 1. The van der Waals surface area contributed by atoms with Gasteiger partial charge in [-0.2, -0.15) is 0 Å². The Labute approximate surface area is 155 Å². The lowest BCUT2D eigenvalue weighted by Gasteiger charge is -2.10. The van der Waals surface area contributed by atoms with Crippen molar-refractivity contribution in [3.05, 3.63) is 77.4 Å². The van der Waals surface area contributed by atoms with Crippen LogP contribution in [-0.2, 0) is 11.3 Å². The van der Waals surface area contributed by atoms with Gasteiger partial charge in [0.25, 0.3) is 5.91 Å². The number of amides is 1. The molecule has 3 aromatic rings. The minimum absolute atomic E-state index is 0.133. The van der Waals surface area contributed by atoms with Crippen LogP contribution in [0.3, 0.4) is 0 Å². The SMILES string of the molecule is COc1cc(F)cc(CNc2ccc3c(c2)/C(=C/c2ccc[nH]2)C(=O)N3)c1. The van der Waals surface area contributed by atoms with Crippen molar-refractivity contribution in [2.75, 3.05) is 17.7 Å². The number of rotatable bonds is 5. The fourth-order valence-corrected chi connectivity index (χ4v) is 3.08. The Morgan fingerprint density at radius 2 is 2.07 bits per heavy atom. The molecule has 5 nitrogen and oxygen atoms in total. The van der Waals surface area contributed by atoms with Gasteiger partial charge >= 0.3 is 0 Å². The number of aromatic nitrogens is 1. The molecule has 3 N–H and O–H groups in total. The van der Waals surface area contributed by atoms with Crippen LogP contribution in [0.15, 0.2) is 54.7 Å². The van der Waals surface area contributed by atoms with Gasteiger partial charge in [0.15, 0.2) is 0 Å². The van der Waals surface area contributed by atoms with E-state index in [-0.39, 0.29) is 11.7 Å². The van der Waals surface area contributed by atoms with Gasteiger partial charge in [0, 0.05) is 41.4 Å². The van der Waals surface area contributed by atoms with Crippen LogP contribution in [0.2, 0.25) is 0 Å². The van der Waals surface area contributed by atoms with Crippen molar-refractivity contribution in [2.24, 2.45) is 0 Å². The first-order valence-electron chi connectivity index (χ1n) is 8.50. The third-order valence-corrected chi connectivity index (χ3v) is 4.39. The zero-order valence-corrected chi connectivity index (χ0v) is 14.7. The summed E-state index contributed by atoms with van der Waals surface area (Å²) in [6.07, 6.45) is 3.63. The lowest BCUT2D eigenvalue weighted by Crippen LogP contribution is -2.03. The van der Waals surface area contributed by atoms with Crippen LogP contribution in [0, 0.1) is 5.82 Å². The predicted octanol–water partition coefficient (Wildman–Crippen LogP) is 4.27. The highest BCUT2D eigenvalue weighted by molar-refractivity contribution is 6.35. The highest BCUT2D eigenvalue weighted by Crippen LogP contribution is 2.35. The molecule has 2 aromatic carbocycles. The molecule has 1 aliphatic heterocycles. The number of methoxy groups -OCH3 is 1. The van der Waals surface area contributed by atoms with Gasteiger partial charge < -0.3 is 20.4 Å². The average Bonchev–Trinajstić information content (AvgIpc) is 3.28. The Kier molecular flexibility index (Phi) is 4.38. The second kappa shape index (κ2) is 6.99. The van der Waals surface area contributed by atoms with Crippen molar-refractivity contribution in [2.45, 2.75) is 6.54 Å². The van der Waals surface area contributed by atoms with Gasteiger partial charge in [0.2, 0.25) is 0 Å². The van der Waals surface area contributed by atoms with Gasteiger partial charge in [0.1, 0.15) is 11.6 Å². The van der Waals surface area contributed by atoms with Crippen molar-refractivity contribution in [3.63, 3.8) is 0 Å². The molecular weight excluding hydrogens is 345 g/mol. The van der Waals surface area contributed by atoms with E-state index in [0.29, 0.717) is 17.9 Å². The zero-order chi connectivity index (χ0) is 18.8. The van der Waals surface area contributed by atoms with E-state index in [2.05, 4.69) is 15.6 Å². The summed E-state index contributed by atoms with van der Waals surface area (Å²) in [5.41, 5.74) is 4.67. The predicted molar refractivity (Wildman–Crippen MR) is 104 cm³/mol. The van der Waals surface area contributed by atoms with E-state index in [4.69, 9.17) is 4.74 Å². The molecule has 0 unspecified atom stereocenters. The Balaban J connectivity index is 1.57. The number of nitrogens with one attached hydrogen (secondary N) is 3. The Morgan fingerprint density at radius 1 is 1.19 bits per heavy atom. The number of carbonyl (C=O) groups excluding carboxylic acids is 1. The summed E-state index contributed by atoms with van der Waals surface area (Å²) >= 11 is 0. The molecule has 4 rings (SSSR count). The normalized spacial score (nSPS) is 14.1. The molecule has 0 aliphatic carbocycles. The van der Waals surface area contributed by atoms with Crippen LogP contribution in [0.5, 0.6) is 5.75 Å². The number of halogens is 1. The first-order valence-corrected chi connectivity index (χ1v) is 8.50. The molecule has 2 heterocycles. The number of carbonyl (C=O) groups is 1. The molecule has 0 saturated carbocycles. The maximum Gasteiger partial charge on any atom is 0.256 e. The third kappa shape index (κ3) is 3.55. The van der Waals surface area contributed by atoms with E-state index in [0.717, 1.165) is 28.2 Å². The van der Waals surface area contributed by atoms with E-state index >= 15 is 0 Å². The van der Waals surface area contributed by atoms with Gasteiger partial charge in [-0.15, -0.1) is 0 Å². The Hall–Kier alpha value is -3.54. The minimum Gasteiger partial charge on any atom is -0.497 e. The monoisotopic (exact) mass is 363 g/mol. The standard InChI is InChI=1S/C21H18FN3O2/c1-27-17-8-13(7-14(22)9-17)12-24-16-4-5-20-18(10-16)19(21(26)25-20)11-15-3-2-6-23-15/h2-11,23-24H,12H2,1H3,(H,25,26)/b19-11-. The van der Waals surface area contributed by atoms with Crippen LogP contribution in [0.1, 0.15) is 16.8 Å². The molecule has 0 saturated heterocycles. The number of hydrogen-bond donors (Lipinski definition) is 3. The maximum absolute atomic E-state index is 13.6. The molecule has 1 amide bonds. The fraction of sp³-hybridized carbons (Fsp3) is 0.0952. The van der Waals surface area contributed by atoms with Crippen molar-refractivity contribution in [1.82, 2.24) is 4.98 Å². The number of aromatic amines is 1. The quantitative estimate of drug-likeness (QED) is 0.593. The number of fused-ring (bicyclic) bond motifs is 1. The summed E-state index contributed by atoms with van der Waals surface area (Å²) in [6.45, 7) is 0.434. The molecule has 1 aromatic heterocycles. The van der Waals surface area contributed by atoms with Gasteiger partial charge in [-0.05, 0) is 54.1 Å². The molecule has 0 bridgehead atoms. The minimum atomic E-state index is -0.342. The molecule has 136 valence electrons. The van der Waals surface area contributed by atoms with Crippen molar-refractivity contribution >= 4 is 28.9 Å². The summed E-state index contributed by atoms with van der Waals surface area (Å²) in [4.78, 5) is 15.4. The summed E-state index contributed by atoms with van der Waals surface area (Å²) < 4.78 is 18.7. The summed E-state index contributed by atoms with van der Waals surface area (Å²) in [7, 11) is 1.51. The van der Waals surface area contributed by atoms with Crippen LogP contribution in [-0.4, -0.2) is 18.0 Å². The van der Waals surface area contributed by atoms with E-state index in [1.807, 2.05) is 42.6 Å². The summed E-state index contributed by atoms with van der Waals surface area (Å²) in [5.74, 6) is 0.00408. The third-order valence-electron chi connectivity index (χ3n) is 4.39. The highest BCUT2D eigenvalue weighted by atomic mass is 19.1. The molecule has 27 heavy (non-hydrogen) atoms. The molecule has 0 radical (unpaired) electrons. The van der Waals surface area contributed by atoms with Gasteiger partial charge in [-0.1, -0.05) is 0 Å². The van der Waals surface area contributed by atoms with Crippen LogP contribution in [0.4, 0.5) is 15.8 Å². The molecule has 1 aliphatic rings. The van der Waals surface area contributed by atoms with E-state index in [1.54, 1.807) is 6.07 Å². The lowest BCUT2D eigenvalue weighted by atomic mass is 10.0. The number of benzene rings is 2. The second-order valence-corrected chi connectivity index (χ2v) is 6.25. The Bertz CT molecular complexity index is 1030. The molecule has 0 spiro atoms. The molecule has 0 atom stereocenters. The van der Waals surface area contributed by atoms with Gasteiger partial charge in [0.05, 0.1) is 12.7 Å². The number of hydrogen-bond acceptors (Lipinski definition) is 3. The molecule has 6 heteroatoms. The van der Waals surface area contributed by atoms with Crippen molar-refractivity contribution < 1.29 is 13.9 Å². The van der Waals surface area contributed by atoms with E-state index in [9.17, 15) is 9.18 Å². The lowest BCUT2D eigenvalue weighted by molar-refractivity contribution is -0.110.